The maximum Gasteiger partial charge on any atom is 0.243 e. The van der Waals surface area contributed by atoms with Gasteiger partial charge in [-0.2, -0.15) is 4.31 Å². The summed E-state index contributed by atoms with van der Waals surface area (Å²) in [4.78, 5) is 12.6. The summed E-state index contributed by atoms with van der Waals surface area (Å²) in [6, 6.07) is 12.7. The van der Waals surface area contributed by atoms with Gasteiger partial charge in [-0.1, -0.05) is 31.0 Å². The summed E-state index contributed by atoms with van der Waals surface area (Å²) in [6.45, 7) is 5.31. The van der Waals surface area contributed by atoms with Crippen molar-refractivity contribution in [1.82, 2.24) is 4.31 Å². The molecule has 1 saturated heterocycles. The molecule has 0 aliphatic carbocycles. The maximum atomic E-state index is 12.8. The van der Waals surface area contributed by atoms with Crippen LogP contribution < -0.4 is 5.32 Å². The van der Waals surface area contributed by atoms with Crippen molar-refractivity contribution in [3.63, 3.8) is 0 Å². The molecular weight excluding hydrogens is 384 g/mol. The quantitative estimate of drug-likeness (QED) is 0.760. The lowest BCUT2D eigenvalue weighted by atomic mass is 10.0. The first-order chi connectivity index (χ1) is 13.9. The number of nitrogens with one attached hydrogen (secondary N) is 1. The summed E-state index contributed by atoms with van der Waals surface area (Å²) >= 11 is 0. The van der Waals surface area contributed by atoms with Gasteiger partial charge in [-0.15, -0.1) is 0 Å². The Bertz CT molecular complexity index is 945. The van der Waals surface area contributed by atoms with Crippen LogP contribution in [0.15, 0.2) is 47.4 Å². The summed E-state index contributed by atoms with van der Waals surface area (Å²) in [7, 11) is -3.46. The van der Waals surface area contributed by atoms with Crippen molar-refractivity contribution >= 4 is 21.6 Å². The topological polar surface area (TPSA) is 66.5 Å². The van der Waals surface area contributed by atoms with Gasteiger partial charge in [0.05, 0.1) is 4.90 Å². The first-order valence-corrected chi connectivity index (χ1v) is 11.8. The van der Waals surface area contributed by atoms with Crippen LogP contribution in [0.2, 0.25) is 0 Å². The van der Waals surface area contributed by atoms with E-state index in [2.05, 4.69) is 37.4 Å². The van der Waals surface area contributed by atoms with Crippen LogP contribution >= 0.6 is 0 Å². The second-order valence-corrected chi connectivity index (χ2v) is 9.75. The van der Waals surface area contributed by atoms with Crippen molar-refractivity contribution in [2.24, 2.45) is 0 Å². The fraction of sp³-hybridized carbons (Fsp3) is 0.435. The molecule has 1 aliphatic rings. The molecule has 1 N–H and O–H groups in total. The summed E-state index contributed by atoms with van der Waals surface area (Å²) < 4.78 is 27.2. The van der Waals surface area contributed by atoms with Gasteiger partial charge in [0.1, 0.15) is 0 Å². The highest BCUT2D eigenvalue weighted by molar-refractivity contribution is 7.89. The lowest BCUT2D eigenvalue weighted by Gasteiger charge is -2.20. The molecule has 5 nitrogen and oxygen atoms in total. The molecule has 29 heavy (non-hydrogen) atoms. The molecule has 0 unspecified atom stereocenters. The Morgan fingerprint density at radius 1 is 0.931 bits per heavy atom. The van der Waals surface area contributed by atoms with Crippen molar-refractivity contribution in [3.05, 3.63) is 59.2 Å². The van der Waals surface area contributed by atoms with Crippen molar-refractivity contribution in [2.75, 3.05) is 18.4 Å². The molecule has 0 saturated carbocycles. The normalized spacial score (nSPS) is 15.7. The molecule has 2 aromatic carbocycles. The van der Waals surface area contributed by atoms with E-state index < -0.39 is 10.0 Å². The molecule has 3 rings (SSSR count). The number of aryl methyl sites for hydroxylation is 3. The van der Waals surface area contributed by atoms with Crippen molar-refractivity contribution < 1.29 is 13.2 Å². The second kappa shape index (κ2) is 9.55. The van der Waals surface area contributed by atoms with Gasteiger partial charge < -0.3 is 5.32 Å². The van der Waals surface area contributed by atoms with E-state index in [9.17, 15) is 13.2 Å². The number of benzene rings is 2. The van der Waals surface area contributed by atoms with Gasteiger partial charge in [-0.3, -0.25) is 4.79 Å². The lowest BCUT2D eigenvalue weighted by Crippen LogP contribution is -2.31. The van der Waals surface area contributed by atoms with Crippen LogP contribution in [-0.4, -0.2) is 31.7 Å². The molecule has 0 aromatic heterocycles. The van der Waals surface area contributed by atoms with Crippen LogP contribution in [0, 0.1) is 13.8 Å². The molecule has 0 radical (unpaired) electrons. The SMILES string of the molecule is Cc1ccc(CCC(=O)Nc2ccc(S(=O)(=O)N3CCCCCC3)cc2)cc1C. The zero-order valence-corrected chi connectivity index (χ0v) is 18.1. The average Bonchev–Trinajstić information content (AvgIpc) is 2.99. The number of carbonyl (C=O) groups excluding carboxylic acids is 1. The van der Waals surface area contributed by atoms with Gasteiger partial charge in [0.15, 0.2) is 0 Å². The third kappa shape index (κ3) is 5.67. The van der Waals surface area contributed by atoms with Crippen LogP contribution in [0.5, 0.6) is 0 Å². The Morgan fingerprint density at radius 2 is 1.59 bits per heavy atom. The molecule has 1 fully saturated rings. The lowest BCUT2D eigenvalue weighted by molar-refractivity contribution is -0.116. The highest BCUT2D eigenvalue weighted by atomic mass is 32.2. The predicted octanol–water partition coefficient (Wildman–Crippen LogP) is 4.44. The second-order valence-electron chi connectivity index (χ2n) is 7.81. The van der Waals surface area contributed by atoms with E-state index in [1.807, 2.05) is 0 Å². The fourth-order valence-corrected chi connectivity index (χ4v) is 5.10. The standard InChI is InChI=1S/C23H30N2O3S/c1-18-7-8-20(17-19(18)2)9-14-23(26)24-21-10-12-22(13-11-21)29(27,28)25-15-5-3-4-6-16-25/h7-8,10-13,17H,3-6,9,14-16H2,1-2H3,(H,24,26). The molecule has 0 atom stereocenters. The average molecular weight is 415 g/mol. The molecule has 1 amide bonds. The number of amides is 1. The van der Waals surface area contributed by atoms with E-state index in [0.29, 0.717) is 31.6 Å². The van der Waals surface area contributed by atoms with E-state index in [-0.39, 0.29) is 10.8 Å². The Labute approximate surface area is 174 Å². The number of hydrogen-bond donors (Lipinski definition) is 1. The molecule has 1 aliphatic heterocycles. The van der Waals surface area contributed by atoms with Crippen LogP contribution in [0.25, 0.3) is 0 Å². The number of nitrogens with zero attached hydrogens (tertiary/aromatic N) is 1. The van der Waals surface area contributed by atoms with Crippen LogP contribution in [0.3, 0.4) is 0 Å². The summed E-state index contributed by atoms with van der Waals surface area (Å²) in [5, 5.41) is 2.86. The van der Waals surface area contributed by atoms with Gasteiger partial charge in [0, 0.05) is 25.2 Å². The molecule has 1 heterocycles. The van der Waals surface area contributed by atoms with E-state index >= 15 is 0 Å². The first kappa shape index (κ1) is 21.5. The molecule has 0 bridgehead atoms. The summed E-state index contributed by atoms with van der Waals surface area (Å²) in [5.74, 6) is -0.0775. The molecule has 6 heteroatoms. The smallest absolute Gasteiger partial charge is 0.243 e. The number of rotatable bonds is 6. The van der Waals surface area contributed by atoms with Gasteiger partial charge >= 0.3 is 0 Å². The minimum Gasteiger partial charge on any atom is -0.326 e. The van der Waals surface area contributed by atoms with E-state index in [0.717, 1.165) is 31.2 Å². The van der Waals surface area contributed by atoms with Gasteiger partial charge in [0.25, 0.3) is 0 Å². The van der Waals surface area contributed by atoms with Crippen molar-refractivity contribution in [2.45, 2.75) is 57.3 Å². The van der Waals surface area contributed by atoms with Crippen LogP contribution in [-0.2, 0) is 21.2 Å². The van der Waals surface area contributed by atoms with Crippen LogP contribution in [0.4, 0.5) is 5.69 Å². The molecule has 2 aromatic rings. The Hall–Kier alpha value is -2.18. The number of carbonyl (C=O) groups is 1. The number of sulfonamides is 1. The summed E-state index contributed by atoms with van der Waals surface area (Å²) in [5.41, 5.74) is 4.23. The largest absolute Gasteiger partial charge is 0.326 e. The number of hydrogen-bond acceptors (Lipinski definition) is 3. The monoisotopic (exact) mass is 414 g/mol. The molecule has 156 valence electrons. The highest BCUT2D eigenvalue weighted by Gasteiger charge is 2.24. The van der Waals surface area contributed by atoms with Crippen molar-refractivity contribution in [1.29, 1.82) is 0 Å². The van der Waals surface area contributed by atoms with Crippen molar-refractivity contribution in [3.8, 4) is 0 Å². The number of anilines is 1. The fourth-order valence-electron chi connectivity index (χ4n) is 3.58. The van der Waals surface area contributed by atoms with E-state index in [1.54, 1.807) is 28.6 Å². The summed E-state index contributed by atoms with van der Waals surface area (Å²) in [6.07, 6.45) is 5.05. The predicted molar refractivity (Wildman–Crippen MR) is 117 cm³/mol. The third-order valence-electron chi connectivity index (χ3n) is 5.55. The van der Waals surface area contributed by atoms with E-state index in [1.165, 1.54) is 11.1 Å². The van der Waals surface area contributed by atoms with E-state index in [4.69, 9.17) is 0 Å². The Balaban J connectivity index is 1.58. The minimum absolute atomic E-state index is 0.0775. The first-order valence-electron chi connectivity index (χ1n) is 10.3. The molecule has 0 spiro atoms. The zero-order valence-electron chi connectivity index (χ0n) is 17.3. The highest BCUT2D eigenvalue weighted by Crippen LogP contribution is 2.22. The molecular formula is C23H30N2O3S. The van der Waals surface area contributed by atoms with Gasteiger partial charge in [0.2, 0.25) is 15.9 Å². The van der Waals surface area contributed by atoms with Crippen LogP contribution in [0.1, 0.15) is 48.8 Å². The Morgan fingerprint density at radius 3 is 2.21 bits per heavy atom. The maximum absolute atomic E-state index is 12.8. The third-order valence-corrected chi connectivity index (χ3v) is 7.47. The van der Waals surface area contributed by atoms with Gasteiger partial charge in [-0.05, 0) is 74.1 Å². The minimum atomic E-state index is -3.46. The van der Waals surface area contributed by atoms with Gasteiger partial charge in [-0.25, -0.2) is 8.42 Å². The Kier molecular flexibility index (Phi) is 7.09. The zero-order chi connectivity index (χ0) is 20.9.